The van der Waals surface area contributed by atoms with Crippen molar-refractivity contribution in [1.29, 1.82) is 0 Å². The van der Waals surface area contributed by atoms with E-state index in [-0.39, 0.29) is 18.3 Å². The second-order valence-electron chi connectivity index (χ2n) is 6.75. The molecule has 0 saturated carbocycles. The molecular weight excluding hydrogens is 399 g/mol. The summed E-state index contributed by atoms with van der Waals surface area (Å²) in [5.74, 6) is 0.0755. The lowest BCUT2D eigenvalue weighted by molar-refractivity contribution is -0.149. The maximum absolute atomic E-state index is 13.9. The molecule has 0 unspecified atom stereocenters. The Morgan fingerprint density at radius 1 is 1.21 bits per heavy atom. The number of hydrogen-bond donors (Lipinski definition) is 0. The van der Waals surface area contributed by atoms with E-state index in [1.165, 1.54) is 18.2 Å². The third kappa shape index (κ3) is 5.92. The summed E-state index contributed by atoms with van der Waals surface area (Å²) in [5.41, 5.74) is 0.460. The fourth-order valence-corrected chi connectivity index (χ4v) is 3.25. The summed E-state index contributed by atoms with van der Waals surface area (Å²) in [6.07, 6.45) is 2.72. The van der Waals surface area contributed by atoms with Crippen LogP contribution in [0.2, 0.25) is 5.02 Å². The van der Waals surface area contributed by atoms with Gasteiger partial charge in [-0.05, 0) is 37.3 Å². The number of furan rings is 1. The third-order valence-electron chi connectivity index (χ3n) is 4.65. The number of carbonyl (C=O) groups excluding carboxylic acids is 2. The minimum absolute atomic E-state index is 0.260. The summed E-state index contributed by atoms with van der Waals surface area (Å²) in [6.45, 7) is 4.00. The monoisotopic (exact) mass is 420 g/mol. The second kappa shape index (κ2) is 9.71. The topological polar surface area (TPSA) is 63.0 Å². The van der Waals surface area contributed by atoms with Crippen molar-refractivity contribution in [1.82, 2.24) is 9.80 Å². The standard InChI is InChI=1S/C21H22ClFN2O4/c1-15-5-6-16(29-15)7-8-21(27)28-14-20(26)25-11-9-24(10-12-25)13-17-18(22)3-2-4-19(17)23/h2-8H,9-14H2,1H3/b8-7+. The van der Waals surface area contributed by atoms with Crippen molar-refractivity contribution < 1.29 is 23.1 Å². The van der Waals surface area contributed by atoms with Gasteiger partial charge in [-0.15, -0.1) is 0 Å². The molecule has 6 nitrogen and oxygen atoms in total. The molecule has 0 atom stereocenters. The van der Waals surface area contributed by atoms with Gasteiger partial charge in [0.1, 0.15) is 17.3 Å². The van der Waals surface area contributed by atoms with Crippen molar-refractivity contribution in [2.24, 2.45) is 0 Å². The van der Waals surface area contributed by atoms with Gasteiger partial charge in [0.15, 0.2) is 6.61 Å². The summed E-state index contributed by atoms with van der Waals surface area (Å²) < 4.78 is 24.2. The number of piperazine rings is 1. The highest BCUT2D eigenvalue weighted by molar-refractivity contribution is 6.31. The molecule has 1 aliphatic rings. The number of aryl methyl sites for hydroxylation is 1. The Hall–Kier alpha value is -2.64. The normalized spacial score (nSPS) is 15.1. The molecule has 2 heterocycles. The number of rotatable bonds is 6. The second-order valence-corrected chi connectivity index (χ2v) is 7.15. The minimum Gasteiger partial charge on any atom is -0.462 e. The number of ether oxygens (including phenoxy) is 1. The van der Waals surface area contributed by atoms with E-state index in [0.717, 1.165) is 5.76 Å². The highest BCUT2D eigenvalue weighted by atomic mass is 35.5. The Morgan fingerprint density at radius 2 is 1.97 bits per heavy atom. The first-order valence-corrected chi connectivity index (χ1v) is 9.64. The Balaban J connectivity index is 1.41. The predicted molar refractivity (Wildman–Crippen MR) is 107 cm³/mol. The van der Waals surface area contributed by atoms with Crippen LogP contribution < -0.4 is 0 Å². The Kier molecular flexibility index (Phi) is 7.06. The quantitative estimate of drug-likeness (QED) is 0.530. The van der Waals surface area contributed by atoms with Crippen LogP contribution in [0.4, 0.5) is 4.39 Å². The third-order valence-corrected chi connectivity index (χ3v) is 5.01. The SMILES string of the molecule is Cc1ccc(/C=C/C(=O)OCC(=O)N2CCN(Cc3c(F)cccc3Cl)CC2)o1. The summed E-state index contributed by atoms with van der Waals surface area (Å²) >= 11 is 6.07. The maximum atomic E-state index is 13.9. The first-order chi connectivity index (χ1) is 13.9. The van der Waals surface area contributed by atoms with Crippen molar-refractivity contribution in [2.45, 2.75) is 13.5 Å². The van der Waals surface area contributed by atoms with Gasteiger partial charge >= 0.3 is 5.97 Å². The lowest BCUT2D eigenvalue weighted by Crippen LogP contribution is -2.49. The van der Waals surface area contributed by atoms with E-state index in [1.54, 1.807) is 36.1 Å². The Labute approximate surface area is 173 Å². The minimum atomic E-state index is -0.611. The Bertz CT molecular complexity index is 884. The zero-order chi connectivity index (χ0) is 20.8. The highest BCUT2D eigenvalue weighted by Gasteiger charge is 2.23. The van der Waals surface area contributed by atoms with Crippen LogP contribution in [0.15, 0.2) is 40.8 Å². The van der Waals surface area contributed by atoms with Gasteiger partial charge in [-0.1, -0.05) is 17.7 Å². The highest BCUT2D eigenvalue weighted by Crippen LogP contribution is 2.21. The summed E-state index contributed by atoms with van der Waals surface area (Å²) in [5, 5.41) is 0.396. The van der Waals surface area contributed by atoms with Gasteiger partial charge in [0.05, 0.1) is 0 Å². The van der Waals surface area contributed by atoms with E-state index in [1.807, 2.05) is 4.90 Å². The number of carbonyl (C=O) groups is 2. The molecular formula is C21H22ClFN2O4. The van der Waals surface area contributed by atoms with Crippen LogP contribution in [-0.2, 0) is 20.9 Å². The molecule has 1 amide bonds. The van der Waals surface area contributed by atoms with Gasteiger partial charge in [0.25, 0.3) is 5.91 Å². The fourth-order valence-electron chi connectivity index (χ4n) is 3.03. The average molecular weight is 421 g/mol. The van der Waals surface area contributed by atoms with Crippen molar-refractivity contribution >= 4 is 29.6 Å². The molecule has 1 aromatic heterocycles. The van der Waals surface area contributed by atoms with E-state index >= 15 is 0 Å². The van der Waals surface area contributed by atoms with Crippen molar-refractivity contribution in [2.75, 3.05) is 32.8 Å². The molecule has 3 rings (SSSR count). The zero-order valence-corrected chi connectivity index (χ0v) is 16.8. The van der Waals surface area contributed by atoms with Gasteiger partial charge in [0.2, 0.25) is 0 Å². The van der Waals surface area contributed by atoms with Gasteiger partial charge < -0.3 is 14.1 Å². The average Bonchev–Trinajstić information content (AvgIpc) is 3.13. The zero-order valence-electron chi connectivity index (χ0n) is 16.1. The number of amides is 1. The Morgan fingerprint density at radius 3 is 2.62 bits per heavy atom. The molecule has 29 heavy (non-hydrogen) atoms. The van der Waals surface area contributed by atoms with E-state index in [4.69, 9.17) is 20.8 Å². The van der Waals surface area contributed by atoms with Crippen molar-refractivity contribution in [3.05, 3.63) is 64.3 Å². The van der Waals surface area contributed by atoms with Gasteiger partial charge in [-0.25, -0.2) is 9.18 Å². The molecule has 0 bridgehead atoms. The molecule has 1 aromatic carbocycles. The number of nitrogens with zero attached hydrogens (tertiary/aromatic N) is 2. The smallest absolute Gasteiger partial charge is 0.331 e. The van der Waals surface area contributed by atoms with Crippen LogP contribution in [0.3, 0.4) is 0 Å². The van der Waals surface area contributed by atoms with Gasteiger partial charge in [0, 0.05) is 49.4 Å². The summed E-state index contributed by atoms with van der Waals surface area (Å²) in [7, 11) is 0. The number of benzene rings is 1. The maximum Gasteiger partial charge on any atom is 0.331 e. The van der Waals surface area contributed by atoms with E-state index < -0.39 is 5.97 Å². The largest absolute Gasteiger partial charge is 0.462 e. The first kappa shape index (κ1) is 21.1. The van der Waals surface area contributed by atoms with Crippen LogP contribution in [0.1, 0.15) is 17.1 Å². The predicted octanol–water partition coefficient (Wildman–Crippen LogP) is 3.28. The lowest BCUT2D eigenvalue weighted by Gasteiger charge is -2.34. The van der Waals surface area contributed by atoms with Crippen molar-refractivity contribution in [3.8, 4) is 0 Å². The lowest BCUT2D eigenvalue weighted by atomic mass is 10.2. The van der Waals surface area contributed by atoms with Crippen molar-refractivity contribution in [3.63, 3.8) is 0 Å². The van der Waals surface area contributed by atoms with Crippen LogP contribution in [0.5, 0.6) is 0 Å². The fraction of sp³-hybridized carbons (Fsp3) is 0.333. The molecule has 8 heteroatoms. The van der Waals surface area contributed by atoms with E-state index in [0.29, 0.717) is 49.1 Å². The summed E-state index contributed by atoms with van der Waals surface area (Å²) in [6, 6.07) is 8.14. The van der Waals surface area contributed by atoms with Gasteiger partial charge in [-0.3, -0.25) is 9.69 Å². The molecule has 154 valence electrons. The first-order valence-electron chi connectivity index (χ1n) is 9.26. The number of hydrogen-bond acceptors (Lipinski definition) is 5. The van der Waals surface area contributed by atoms with Crippen LogP contribution in [0.25, 0.3) is 6.08 Å². The molecule has 0 aliphatic carbocycles. The van der Waals surface area contributed by atoms with Crippen LogP contribution >= 0.6 is 11.6 Å². The number of esters is 1. The van der Waals surface area contributed by atoms with Gasteiger partial charge in [-0.2, -0.15) is 0 Å². The molecule has 1 aliphatic heterocycles. The summed E-state index contributed by atoms with van der Waals surface area (Å²) in [4.78, 5) is 27.7. The molecule has 1 saturated heterocycles. The van der Waals surface area contributed by atoms with E-state index in [9.17, 15) is 14.0 Å². The molecule has 0 N–H and O–H groups in total. The molecule has 1 fully saturated rings. The molecule has 2 aromatic rings. The van der Waals surface area contributed by atoms with Crippen LogP contribution in [0, 0.1) is 12.7 Å². The number of halogens is 2. The van der Waals surface area contributed by atoms with E-state index in [2.05, 4.69) is 0 Å². The molecule has 0 spiro atoms. The van der Waals surface area contributed by atoms with Crippen LogP contribution in [-0.4, -0.2) is 54.5 Å². The molecule has 0 radical (unpaired) electrons.